The molecule has 2 atom stereocenters. The van der Waals surface area contributed by atoms with Gasteiger partial charge in [-0.3, -0.25) is 9.59 Å². The molecule has 19 heavy (non-hydrogen) atoms. The highest BCUT2D eigenvalue weighted by atomic mass is 16.4. The highest BCUT2D eigenvalue weighted by Crippen LogP contribution is 2.47. The molecular weight excluding hydrogens is 244 g/mol. The normalized spacial score (nSPS) is 17.8. The highest BCUT2D eigenvalue weighted by molar-refractivity contribution is 5.96. The Labute approximate surface area is 112 Å². The van der Waals surface area contributed by atoms with Gasteiger partial charge in [-0.15, -0.1) is 0 Å². The minimum atomic E-state index is -0.827. The number of carbonyl (C=O) groups is 2. The second-order valence-electron chi connectivity index (χ2n) is 5.32. The third-order valence-electron chi connectivity index (χ3n) is 3.84. The fourth-order valence-electron chi connectivity index (χ4n) is 2.63. The van der Waals surface area contributed by atoms with Gasteiger partial charge in [-0.05, 0) is 49.3 Å². The maximum absolute atomic E-state index is 11.3. The Hall–Kier alpha value is -1.84. The number of rotatable bonds is 5. The number of carbonyl (C=O) groups excluding carboxylic acids is 1. The lowest BCUT2D eigenvalue weighted by molar-refractivity contribution is -0.142. The summed E-state index contributed by atoms with van der Waals surface area (Å²) in [6.07, 6.45) is 2.05. The van der Waals surface area contributed by atoms with Gasteiger partial charge in [-0.2, -0.15) is 0 Å². The van der Waals surface area contributed by atoms with Gasteiger partial charge in [0, 0.05) is 0 Å². The number of carboxylic acids is 1. The molecule has 4 nitrogen and oxygen atoms in total. The summed E-state index contributed by atoms with van der Waals surface area (Å²) >= 11 is 0. The molecule has 0 spiro atoms. The van der Waals surface area contributed by atoms with Gasteiger partial charge in [0.25, 0.3) is 0 Å². The molecule has 1 aliphatic rings. The SMILES string of the molecule is CC(=O)c1ccc(C(C2CC2)C(C)C(=O)O)cc1O. The van der Waals surface area contributed by atoms with E-state index in [1.807, 2.05) is 0 Å². The largest absolute Gasteiger partial charge is 0.507 e. The first kappa shape index (κ1) is 13.6. The Bertz CT molecular complexity index is 517. The zero-order valence-electron chi connectivity index (χ0n) is 11.1. The van der Waals surface area contributed by atoms with E-state index in [1.54, 1.807) is 25.1 Å². The Kier molecular flexibility index (Phi) is 3.60. The van der Waals surface area contributed by atoms with Gasteiger partial charge in [0.05, 0.1) is 11.5 Å². The maximum Gasteiger partial charge on any atom is 0.306 e. The number of aromatic hydroxyl groups is 1. The van der Waals surface area contributed by atoms with E-state index in [1.165, 1.54) is 6.92 Å². The molecule has 2 rings (SSSR count). The van der Waals surface area contributed by atoms with Crippen molar-refractivity contribution in [3.63, 3.8) is 0 Å². The first-order valence-electron chi connectivity index (χ1n) is 6.48. The van der Waals surface area contributed by atoms with Crippen molar-refractivity contribution in [3.05, 3.63) is 29.3 Å². The summed E-state index contributed by atoms with van der Waals surface area (Å²) in [4.78, 5) is 22.5. The molecule has 0 heterocycles. The lowest BCUT2D eigenvalue weighted by atomic mass is 9.83. The van der Waals surface area contributed by atoms with Gasteiger partial charge in [0.2, 0.25) is 0 Å². The van der Waals surface area contributed by atoms with Gasteiger partial charge >= 0.3 is 5.97 Å². The predicted molar refractivity (Wildman–Crippen MR) is 70.4 cm³/mol. The first-order valence-corrected chi connectivity index (χ1v) is 6.48. The number of benzene rings is 1. The van der Waals surface area contributed by atoms with Crippen LogP contribution in [0, 0.1) is 11.8 Å². The molecule has 1 aliphatic carbocycles. The zero-order chi connectivity index (χ0) is 14.2. The summed E-state index contributed by atoms with van der Waals surface area (Å²) in [6.45, 7) is 3.09. The summed E-state index contributed by atoms with van der Waals surface area (Å²) in [6, 6.07) is 4.88. The fourth-order valence-corrected chi connectivity index (χ4v) is 2.63. The van der Waals surface area contributed by atoms with Crippen molar-refractivity contribution < 1.29 is 19.8 Å². The smallest absolute Gasteiger partial charge is 0.306 e. The average Bonchev–Trinajstić information content (AvgIpc) is 3.13. The summed E-state index contributed by atoms with van der Waals surface area (Å²) in [5.41, 5.74) is 1.08. The number of aliphatic carboxylic acids is 1. The van der Waals surface area contributed by atoms with Crippen molar-refractivity contribution in [2.75, 3.05) is 0 Å². The number of phenols is 1. The summed E-state index contributed by atoms with van der Waals surface area (Å²) in [5, 5.41) is 19.1. The van der Waals surface area contributed by atoms with Crippen LogP contribution in [0.1, 0.15) is 48.5 Å². The minimum absolute atomic E-state index is 0.0618. The summed E-state index contributed by atoms with van der Waals surface area (Å²) < 4.78 is 0. The molecule has 2 unspecified atom stereocenters. The lowest BCUT2D eigenvalue weighted by Gasteiger charge is -2.21. The first-order chi connectivity index (χ1) is 8.91. The van der Waals surface area contributed by atoms with Crippen LogP contribution in [0.15, 0.2) is 18.2 Å². The van der Waals surface area contributed by atoms with Gasteiger partial charge in [0.1, 0.15) is 5.75 Å². The molecule has 0 radical (unpaired) electrons. The van der Waals surface area contributed by atoms with Crippen molar-refractivity contribution >= 4 is 11.8 Å². The molecule has 1 saturated carbocycles. The molecule has 0 aromatic heterocycles. The van der Waals surface area contributed by atoms with Crippen LogP contribution in [0.5, 0.6) is 5.75 Å². The van der Waals surface area contributed by atoms with Crippen molar-refractivity contribution in [2.24, 2.45) is 11.8 Å². The van der Waals surface area contributed by atoms with E-state index in [0.717, 1.165) is 18.4 Å². The Morgan fingerprint density at radius 1 is 1.32 bits per heavy atom. The molecule has 0 aliphatic heterocycles. The van der Waals surface area contributed by atoms with Crippen LogP contribution in [0.2, 0.25) is 0 Å². The fraction of sp³-hybridized carbons (Fsp3) is 0.467. The average molecular weight is 262 g/mol. The maximum atomic E-state index is 11.3. The van der Waals surface area contributed by atoms with Crippen molar-refractivity contribution in [1.29, 1.82) is 0 Å². The van der Waals surface area contributed by atoms with E-state index in [-0.39, 0.29) is 23.0 Å². The molecule has 2 N–H and O–H groups in total. The van der Waals surface area contributed by atoms with Crippen LogP contribution in [-0.2, 0) is 4.79 Å². The van der Waals surface area contributed by atoms with E-state index in [4.69, 9.17) is 0 Å². The van der Waals surface area contributed by atoms with E-state index in [2.05, 4.69) is 0 Å². The van der Waals surface area contributed by atoms with Crippen LogP contribution in [0.25, 0.3) is 0 Å². The second kappa shape index (κ2) is 5.03. The Morgan fingerprint density at radius 2 is 1.95 bits per heavy atom. The van der Waals surface area contributed by atoms with Gasteiger partial charge in [-0.1, -0.05) is 13.0 Å². The van der Waals surface area contributed by atoms with E-state index in [9.17, 15) is 19.8 Å². The summed E-state index contributed by atoms with van der Waals surface area (Å²) in [5.74, 6) is -1.30. The zero-order valence-corrected chi connectivity index (χ0v) is 11.1. The van der Waals surface area contributed by atoms with Crippen LogP contribution in [0.3, 0.4) is 0 Å². The van der Waals surface area contributed by atoms with Crippen LogP contribution >= 0.6 is 0 Å². The monoisotopic (exact) mass is 262 g/mol. The quantitative estimate of drug-likeness (QED) is 0.800. The van der Waals surface area contributed by atoms with Crippen LogP contribution in [-0.4, -0.2) is 22.0 Å². The molecular formula is C15H18O4. The number of hydrogen-bond acceptors (Lipinski definition) is 3. The van der Waals surface area contributed by atoms with Crippen molar-refractivity contribution in [3.8, 4) is 5.75 Å². The van der Waals surface area contributed by atoms with Gasteiger partial charge < -0.3 is 10.2 Å². The molecule has 1 aromatic rings. The molecule has 4 heteroatoms. The predicted octanol–water partition coefficient (Wildman–Crippen LogP) is 2.81. The molecule has 1 fully saturated rings. The van der Waals surface area contributed by atoms with Crippen LogP contribution in [0.4, 0.5) is 0 Å². The van der Waals surface area contributed by atoms with Crippen molar-refractivity contribution in [2.45, 2.75) is 32.6 Å². The number of carboxylic acid groups (broad SMARTS) is 1. The van der Waals surface area contributed by atoms with Gasteiger partial charge in [-0.25, -0.2) is 0 Å². The minimum Gasteiger partial charge on any atom is -0.507 e. The van der Waals surface area contributed by atoms with E-state index < -0.39 is 11.9 Å². The number of hydrogen-bond donors (Lipinski definition) is 2. The third kappa shape index (κ3) is 2.78. The van der Waals surface area contributed by atoms with E-state index >= 15 is 0 Å². The summed E-state index contributed by atoms with van der Waals surface area (Å²) in [7, 11) is 0. The Balaban J connectivity index is 2.35. The molecule has 0 bridgehead atoms. The molecule has 0 amide bonds. The standard InChI is InChI=1S/C15H18O4/c1-8(15(18)19)14(10-3-4-10)11-5-6-12(9(2)16)13(17)7-11/h5-8,10,14,17H,3-4H2,1-2H3,(H,18,19). The number of ketones is 1. The number of Topliss-reactive ketones (excluding diaryl/α,β-unsaturated/α-hetero) is 1. The second-order valence-corrected chi connectivity index (χ2v) is 5.32. The van der Waals surface area contributed by atoms with E-state index in [0.29, 0.717) is 5.92 Å². The van der Waals surface area contributed by atoms with Crippen molar-refractivity contribution in [1.82, 2.24) is 0 Å². The molecule has 102 valence electrons. The number of phenolic OH excluding ortho intramolecular Hbond substituents is 1. The molecule has 1 aromatic carbocycles. The van der Waals surface area contributed by atoms with Crippen LogP contribution < -0.4 is 0 Å². The third-order valence-corrected chi connectivity index (χ3v) is 3.84. The lowest BCUT2D eigenvalue weighted by Crippen LogP contribution is -2.20. The van der Waals surface area contributed by atoms with Gasteiger partial charge in [0.15, 0.2) is 5.78 Å². The Morgan fingerprint density at radius 3 is 2.37 bits per heavy atom. The molecule has 0 saturated heterocycles. The topological polar surface area (TPSA) is 74.6 Å². The highest BCUT2D eigenvalue weighted by Gasteiger charge is 2.38.